The molecule has 13 nitrogen and oxygen atoms in total. The molecule has 0 saturated carbocycles. The van der Waals surface area contributed by atoms with Gasteiger partial charge in [-0.15, -0.1) is 0 Å². The highest BCUT2D eigenvalue weighted by molar-refractivity contribution is 5.85. The Morgan fingerprint density at radius 1 is 1.20 bits per heavy atom. The molecule has 4 N–H and O–H groups in total. The van der Waals surface area contributed by atoms with Crippen LogP contribution in [0.15, 0.2) is 59.3 Å². The lowest BCUT2D eigenvalue weighted by Gasteiger charge is -2.40. The van der Waals surface area contributed by atoms with Crippen LogP contribution in [0.2, 0.25) is 0 Å². The maximum Gasteiger partial charge on any atom is 0.317 e. The molecule has 4 heterocycles. The zero-order valence-electron chi connectivity index (χ0n) is 21.7. The van der Waals surface area contributed by atoms with Gasteiger partial charge >= 0.3 is 11.8 Å². The number of ether oxygens (including phenoxy) is 3. The van der Waals surface area contributed by atoms with E-state index in [2.05, 4.69) is 25.3 Å². The standard InChI is InChI=1S/C27H24FN7O6/c1-26(24(37)39-12-9-29)14-40-27(22(30)36,41-15-26)23-34-20(16-4-6-17(28)7-5-16)21(35-23)19-8-10-31-25(33-19)32-13-18-3-2-11-38-18/h2-8,10-11H,12-15H2,1H3,(H2,30,36)(H,34,35)(H,31,32,33). The average Bonchev–Trinajstić information content (AvgIpc) is 3.67. The minimum atomic E-state index is -2.20. The minimum absolute atomic E-state index is 0.115. The number of hydrogen-bond acceptors (Lipinski definition) is 11. The number of aromatic nitrogens is 4. The zero-order chi connectivity index (χ0) is 29.0. The van der Waals surface area contributed by atoms with Gasteiger partial charge in [-0.05, 0) is 49.4 Å². The van der Waals surface area contributed by atoms with E-state index >= 15 is 0 Å². The molecule has 4 aromatic rings. The summed E-state index contributed by atoms with van der Waals surface area (Å²) in [5.41, 5.74) is 5.93. The summed E-state index contributed by atoms with van der Waals surface area (Å²) >= 11 is 0. The number of esters is 1. The minimum Gasteiger partial charge on any atom is -0.467 e. The molecule has 1 aliphatic heterocycles. The van der Waals surface area contributed by atoms with Crippen molar-refractivity contribution in [3.8, 4) is 28.7 Å². The second-order valence-electron chi connectivity index (χ2n) is 9.37. The first-order valence-electron chi connectivity index (χ1n) is 12.3. The predicted molar refractivity (Wildman–Crippen MR) is 138 cm³/mol. The van der Waals surface area contributed by atoms with E-state index in [1.807, 2.05) is 0 Å². The SMILES string of the molecule is CC1(C(=O)OCC#N)COC(C(N)=O)(c2nc(-c3ccc(F)cc3)c(-c3ccnc(NCc4ccco4)n3)[nH]2)OC1. The molecule has 1 aromatic carbocycles. The number of carbonyl (C=O) groups excluding carboxylic acids is 2. The van der Waals surface area contributed by atoms with E-state index in [-0.39, 0.29) is 25.0 Å². The van der Waals surface area contributed by atoms with Crippen LogP contribution in [0.1, 0.15) is 18.5 Å². The van der Waals surface area contributed by atoms with Crippen LogP contribution in [-0.4, -0.2) is 51.6 Å². The van der Waals surface area contributed by atoms with Crippen molar-refractivity contribution in [1.82, 2.24) is 19.9 Å². The third-order valence-electron chi connectivity index (χ3n) is 6.32. The number of benzene rings is 1. The Kier molecular flexibility index (Phi) is 7.47. The molecule has 1 fully saturated rings. The van der Waals surface area contributed by atoms with Crippen LogP contribution in [0.5, 0.6) is 0 Å². The molecule has 0 radical (unpaired) electrons. The van der Waals surface area contributed by atoms with Crippen molar-refractivity contribution in [2.45, 2.75) is 19.3 Å². The Morgan fingerprint density at radius 3 is 2.61 bits per heavy atom. The van der Waals surface area contributed by atoms with Crippen molar-refractivity contribution in [3.05, 3.63) is 72.3 Å². The van der Waals surface area contributed by atoms with Gasteiger partial charge in [0.05, 0.1) is 43.1 Å². The third kappa shape index (κ3) is 5.49. The fourth-order valence-corrected chi connectivity index (χ4v) is 4.08. The van der Waals surface area contributed by atoms with Crippen LogP contribution in [0.25, 0.3) is 22.6 Å². The summed E-state index contributed by atoms with van der Waals surface area (Å²) in [5.74, 6) is -3.58. The van der Waals surface area contributed by atoms with Crippen LogP contribution in [-0.2, 0) is 36.1 Å². The smallest absolute Gasteiger partial charge is 0.317 e. The lowest BCUT2D eigenvalue weighted by atomic mass is 9.91. The summed E-state index contributed by atoms with van der Waals surface area (Å²) in [6, 6.07) is 12.4. The van der Waals surface area contributed by atoms with Gasteiger partial charge in [-0.2, -0.15) is 5.26 Å². The van der Waals surface area contributed by atoms with Crippen molar-refractivity contribution in [2.75, 3.05) is 25.1 Å². The quantitative estimate of drug-likeness (QED) is 0.255. The lowest BCUT2D eigenvalue weighted by Crippen LogP contribution is -2.56. The molecule has 14 heteroatoms. The second kappa shape index (κ2) is 11.2. The first-order valence-corrected chi connectivity index (χ1v) is 12.3. The highest BCUT2D eigenvalue weighted by atomic mass is 19.1. The van der Waals surface area contributed by atoms with E-state index in [9.17, 15) is 14.0 Å². The Morgan fingerprint density at radius 2 is 1.95 bits per heavy atom. The number of halogens is 1. The molecule has 3 aromatic heterocycles. The van der Waals surface area contributed by atoms with Crippen LogP contribution >= 0.6 is 0 Å². The van der Waals surface area contributed by atoms with Gasteiger partial charge in [0.2, 0.25) is 5.95 Å². The highest BCUT2D eigenvalue weighted by Crippen LogP contribution is 2.39. The van der Waals surface area contributed by atoms with E-state index in [4.69, 9.17) is 29.6 Å². The van der Waals surface area contributed by atoms with Gasteiger partial charge in [0.25, 0.3) is 5.91 Å². The van der Waals surface area contributed by atoms with Gasteiger partial charge in [-0.3, -0.25) is 9.59 Å². The first-order chi connectivity index (χ1) is 19.7. The number of furan rings is 1. The van der Waals surface area contributed by atoms with Crippen molar-refractivity contribution in [3.63, 3.8) is 0 Å². The van der Waals surface area contributed by atoms with E-state index < -0.39 is 35.5 Å². The number of amides is 1. The van der Waals surface area contributed by atoms with Gasteiger partial charge in [0.1, 0.15) is 23.1 Å². The maximum absolute atomic E-state index is 13.7. The first kappa shape index (κ1) is 27.4. The lowest BCUT2D eigenvalue weighted by molar-refractivity contribution is -0.293. The van der Waals surface area contributed by atoms with Gasteiger partial charge in [0, 0.05) is 11.8 Å². The van der Waals surface area contributed by atoms with E-state index in [1.54, 1.807) is 30.5 Å². The number of anilines is 1. The summed E-state index contributed by atoms with van der Waals surface area (Å²) in [7, 11) is 0. The molecular formula is C27H24FN7O6. The highest BCUT2D eigenvalue weighted by Gasteiger charge is 2.54. The molecule has 0 aliphatic carbocycles. The van der Waals surface area contributed by atoms with Crippen LogP contribution in [0, 0.1) is 22.6 Å². The number of aromatic amines is 1. The Hall–Kier alpha value is -5.13. The van der Waals surface area contributed by atoms with Gasteiger partial charge in [-0.1, -0.05) is 0 Å². The van der Waals surface area contributed by atoms with E-state index in [0.29, 0.717) is 35.0 Å². The molecule has 0 unspecified atom stereocenters. The molecule has 210 valence electrons. The van der Waals surface area contributed by atoms with Gasteiger partial charge < -0.3 is 34.7 Å². The fraction of sp³-hybridized carbons (Fsp3) is 0.259. The topological polar surface area (TPSA) is 191 Å². The fourth-order valence-electron chi connectivity index (χ4n) is 4.08. The number of carbonyl (C=O) groups is 2. The number of nitrogens with two attached hydrogens (primary N) is 1. The number of nitrogens with zero attached hydrogens (tertiary/aromatic N) is 4. The molecule has 0 spiro atoms. The molecule has 0 bridgehead atoms. The Bertz CT molecular complexity index is 1590. The summed E-state index contributed by atoms with van der Waals surface area (Å²) in [5, 5.41) is 11.8. The van der Waals surface area contributed by atoms with Crippen LogP contribution in [0.4, 0.5) is 10.3 Å². The van der Waals surface area contributed by atoms with Gasteiger partial charge in [-0.25, -0.2) is 19.3 Å². The average molecular weight is 562 g/mol. The van der Waals surface area contributed by atoms with Crippen LogP contribution < -0.4 is 11.1 Å². The number of hydrogen-bond donors (Lipinski definition) is 3. The summed E-state index contributed by atoms with van der Waals surface area (Å²) < 4.78 is 35.6. The Balaban J connectivity index is 1.52. The largest absolute Gasteiger partial charge is 0.467 e. The number of rotatable bonds is 9. The zero-order valence-corrected chi connectivity index (χ0v) is 21.7. The van der Waals surface area contributed by atoms with Gasteiger partial charge in [0.15, 0.2) is 12.4 Å². The number of imidazole rings is 1. The molecule has 41 heavy (non-hydrogen) atoms. The number of primary amides is 1. The molecular weight excluding hydrogens is 537 g/mol. The molecule has 0 atom stereocenters. The van der Waals surface area contributed by atoms with Crippen molar-refractivity contribution < 1.29 is 32.6 Å². The van der Waals surface area contributed by atoms with E-state index in [0.717, 1.165) is 0 Å². The van der Waals surface area contributed by atoms with Crippen molar-refractivity contribution in [1.29, 1.82) is 5.26 Å². The second-order valence-corrected chi connectivity index (χ2v) is 9.37. The normalized spacial score (nSPS) is 20.2. The monoisotopic (exact) mass is 561 g/mol. The van der Waals surface area contributed by atoms with E-state index in [1.165, 1.54) is 37.4 Å². The summed E-state index contributed by atoms with van der Waals surface area (Å²) in [4.78, 5) is 41.7. The summed E-state index contributed by atoms with van der Waals surface area (Å²) in [6.45, 7) is 0.743. The van der Waals surface area contributed by atoms with Crippen molar-refractivity contribution >= 4 is 17.8 Å². The Labute approximate surface area is 232 Å². The third-order valence-corrected chi connectivity index (χ3v) is 6.32. The van der Waals surface area contributed by atoms with Crippen LogP contribution in [0.3, 0.4) is 0 Å². The molecule has 1 aliphatic rings. The molecule has 1 saturated heterocycles. The number of nitrogens with one attached hydrogen (secondary N) is 2. The number of H-pyrrole nitrogens is 1. The predicted octanol–water partition coefficient (Wildman–Crippen LogP) is 2.64. The molecule has 1 amide bonds. The maximum atomic E-state index is 13.7. The molecule has 5 rings (SSSR count). The number of nitriles is 1. The van der Waals surface area contributed by atoms with Crippen molar-refractivity contribution in [2.24, 2.45) is 11.1 Å². The summed E-state index contributed by atoms with van der Waals surface area (Å²) in [6.07, 6.45) is 3.08.